The molecule has 0 rings (SSSR count). The van der Waals surface area contributed by atoms with Crippen LogP contribution >= 0.6 is 0 Å². The Morgan fingerprint density at radius 1 is 0.630 bits per heavy atom. The molecule has 0 spiro atoms. The number of amides is 3. The third kappa shape index (κ3) is 12.4. The van der Waals surface area contributed by atoms with Crippen LogP contribution in [0.4, 0.5) is 0 Å². The van der Waals surface area contributed by atoms with Crippen LogP contribution in [0.5, 0.6) is 0 Å². The molecule has 0 bridgehead atoms. The lowest BCUT2D eigenvalue weighted by Crippen LogP contribution is -2.46. The smallest absolute Gasteiger partial charge is 0.220 e. The molecular formula is C20H40N4O3. The van der Waals surface area contributed by atoms with E-state index in [9.17, 15) is 14.4 Å². The Kier molecular flexibility index (Phi) is 14.5. The van der Waals surface area contributed by atoms with Gasteiger partial charge in [-0.25, -0.2) is 0 Å². The van der Waals surface area contributed by atoms with Gasteiger partial charge in [0.2, 0.25) is 17.7 Å². The Balaban J connectivity index is 4.82. The minimum atomic E-state index is -0.406. The number of hydrogen-bond donors (Lipinski definition) is 4. The van der Waals surface area contributed by atoms with Gasteiger partial charge in [-0.2, -0.15) is 0 Å². The van der Waals surface area contributed by atoms with E-state index in [1.807, 2.05) is 27.8 Å². The Hall–Kier alpha value is -1.63. The van der Waals surface area contributed by atoms with Gasteiger partial charge in [-0.1, -0.05) is 20.8 Å². The molecule has 0 aromatic heterocycles. The lowest BCUT2D eigenvalue weighted by molar-refractivity contribution is -0.121. The summed E-state index contributed by atoms with van der Waals surface area (Å²) in [6, 6.07) is 0. The van der Waals surface area contributed by atoms with Crippen molar-refractivity contribution in [3.63, 3.8) is 0 Å². The topological polar surface area (TPSA) is 99.3 Å². The average Bonchev–Trinajstić information content (AvgIpc) is 2.68. The largest absolute Gasteiger partial charge is 0.356 e. The van der Waals surface area contributed by atoms with E-state index in [1.54, 1.807) is 0 Å². The van der Waals surface area contributed by atoms with Crippen molar-refractivity contribution in [3.8, 4) is 0 Å². The Labute approximate surface area is 164 Å². The van der Waals surface area contributed by atoms with E-state index < -0.39 is 5.54 Å². The average molecular weight is 385 g/mol. The van der Waals surface area contributed by atoms with Gasteiger partial charge in [0, 0.05) is 44.4 Å². The summed E-state index contributed by atoms with van der Waals surface area (Å²) in [4.78, 5) is 36.1. The lowest BCUT2D eigenvalue weighted by Gasteiger charge is -2.33. The SMILES string of the molecule is CCCNC(=O)CCC(CCC(=O)NCCC)(CCC(=O)NCCC)NC. The van der Waals surface area contributed by atoms with Crippen molar-refractivity contribution in [2.24, 2.45) is 0 Å². The molecule has 3 amide bonds. The van der Waals surface area contributed by atoms with E-state index in [0.717, 1.165) is 19.3 Å². The maximum atomic E-state index is 12.0. The standard InChI is InChI=1S/C20H40N4O3/c1-5-14-22-17(25)8-11-20(21-4,12-9-18(26)23-15-6-2)13-10-19(27)24-16-7-3/h21H,5-16H2,1-4H3,(H,22,25)(H,23,26)(H,24,27). The summed E-state index contributed by atoms with van der Waals surface area (Å²) in [6.07, 6.45) is 5.65. The van der Waals surface area contributed by atoms with E-state index >= 15 is 0 Å². The molecule has 0 aromatic carbocycles. The molecule has 7 nitrogen and oxygen atoms in total. The quantitative estimate of drug-likeness (QED) is 0.326. The molecule has 0 radical (unpaired) electrons. The summed E-state index contributed by atoms with van der Waals surface area (Å²) in [5.74, 6) is 0.0482. The van der Waals surface area contributed by atoms with Gasteiger partial charge in [0.25, 0.3) is 0 Å². The second-order valence-electron chi connectivity index (χ2n) is 7.08. The zero-order valence-corrected chi connectivity index (χ0v) is 17.7. The summed E-state index contributed by atoms with van der Waals surface area (Å²) < 4.78 is 0. The second kappa shape index (κ2) is 15.4. The van der Waals surface area contributed by atoms with Gasteiger partial charge in [-0.05, 0) is 45.6 Å². The maximum absolute atomic E-state index is 12.0. The van der Waals surface area contributed by atoms with E-state index in [1.165, 1.54) is 0 Å². The third-order valence-corrected chi connectivity index (χ3v) is 4.74. The number of carbonyl (C=O) groups excluding carboxylic acids is 3. The summed E-state index contributed by atoms with van der Waals surface area (Å²) >= 11 is 0. The van der Waals surface area contributed by atoms with Crippen LogP contribution in [0.1, 0.15) is 78.6 Å². The molecular weight excluding hydrogens is 344 g/mol. The van der Waals surface area contributed by atoms with Crippen LogP contribution in [0, 0.1) is 0 Å². The first kappa shape index (κ1) is 25.4. The van der Waals surface area contributed by atoms with E-state index in [0.29, 0.717) is 58.2 Å². The minimum absolute atomic E-state index is 0.0161. The molecule has 0 heterocycles. The zero-order valence-electron chi connectivity index (χ0n) is 17.7. The lowest BCUT2D eigenvalue weighted by atomic mass is 9.83. The van der Waals surface area contributed by atoms with Crippen molar-refractivity contribution in [1.29, 1.82) is 0 Å². The molecule has 0 aliphatic carbocycles. The molecule has 0 fully saturated rings. The van der Waals surface area contributed by atoms with Crippen LogP contribution in [-0.2, 0) is 14.4 Å². The van der Waals surface area contributed by atoms with Crippen LogP contribution in [0.3, 0.4) is 0 Å². The fourth-order valence-corrected chi connectivity index (χ4v) is 2.87. The summed E-state index contributed by atoms with van der Waals surface area (Å²) in [6.45, 7) is 8.06. The van der Waals surface area contributed by atoms with E-state index in [2.05, 4.69) is 21.3 Å². The molecule has 0 aliphatic rings. The van der Waals surface area contributed by atoms with E-state index in [4.69, 9.17) is 0 Å². The van der Waals surface area contributed by atoms with Gasteiger partial charge in [-0.15, -0.1) is 0 Å². The number of nitrogens with one attached hydrogen (secondary N) is 4. The minimum Gasteiger partial charge on any atom is -0.356 e. The normalized spacial score (nSPS) is 11.1. The van der Waals surface area contributed by atoms with Gasteiger partial charge >= 0.3 is 0 Å². The van der Waals surface area contributed by atoms with Gasteiger partial charge in [0.1, 0.15) is 0 Å². The summed E-state index contributed by atoms with van der Waals surface area (Å²) in [7, 11) is 1.85. The van der Waals surface area contributed by atoms with Crippen LogP contribution in [0.25, 0.3) is 0 Å². The second-order valence-corrected chi connectivity index (χ2v) is 7.08. The fourth-order valence-electron chi connectivity index (χ4n) is 2.87. The van der Waals surface area contributed by atoms with Gasteiger partial charge in [0.05, 0.1) is 0 Å². The first-order chi connectivity index (χ1) is 12.9. The monoisotopic (exact) mass is 384 g/mol. The van der Waals surface area contributed by atoms with Crippen molar-refractivity contribution >= 4 is 17.7 Å². The molecule has 27 heavy (non-hydrogen) atoms. The highest BCUT2D eigenvalue weighted by Crippen LogP contribution is 2.25. The maximum Gasteiger partial charge on any atom is 0.220 e. The van der Waals surface area contributed by atoms with Crippen molar-refractivity contribution in [2.45, 2.75) is 84.1 Å². The number of rotatable bonds is 16. The van der Waals surface area contributed by atoms with Gasteiger partial charge in [0.15, 0.2) is 0 Å². The third-order valence-electron chi connectivity index (χ3n) is 4.74. The molecule has 0 saturated carbocycles. The summed E-state index contributed by atoms with van der Waals surface area (Å²) in [5.41, 5.74) is -0.406. The van der Waals surface area contributed by atoms with Gasteiger partial charge in [-0.3, -0.25) is 14.4 Å². The molecule has 158 valence electrons. The number of hydrogen-bond acceptors (Lipinski definition) is 4. The van der Waals surface area contributed by atoms with Gasteiger partial charge < -0.3 is 21.3 Å². The predicted molar refractivity (Wildman–Crippen MR) is 109 cm³/mol. The fraction of sp³-hybridized carbons (Fsp3) is 0.850. The highest BCUT2D eigenvalue weighted by Gasteiger charge is 2.30. The molecule has 0 unspecified atom stereocenters. The van der Waals surface area contributed by atoms with E-state index in [-0.39, 0.29) is 17.7 Å². The molecule has 0 aliphatic heterocycles. The van der Waals surface area contributed by atoms with Crippen LogP contribution in [-0.4, -0.2) is 49.9 Å². The van der Waals surface area contributed by atoms with Crippen molar-refractivity contribution < 1.29 is 14.4 Å². The Bertz CT molecular complexity index is 381. The Morgan fingerprint density at radius 2 is 0.926 bits per heavy atom. The van der Waals surface area contributed by atoms with Crippen molar-refractivity contribution in [2.75, 3.05) is 26.7 Å². The van der Waals surface area contributed by atoms with Crippen LogP contribution < -0.4 is 21.3 Å². The Morgan fingerprint density at radius 3 is 1.15 bits per heavy atom. The predicted octanol–water partition coefficient (Wildman–Crippen LogP) is 1.86. The molecule has 7 heteroatoms. The van der Waals surface area contributed by atoms with Crippen molar-refractivity contribution in [1.82, 2.24) is 21.3 Å². The molecule has 4 N–H and O–H groups in total. The van der Waals surface area contributed by atoms with Crippen LogP contribution in [0.15, 0.2) is 0 Å². The highest BCUT2D eigenvalue weighted by atomic mass is 16.2. The van der Waals surface area contributed by atoms with Crippen LogP contribution in [0.2, 0.25) is 0 Å². The molecule has 0 atom stereocenters. The molecule has 0 saturated heterocycles. The highest BCUT2D eigenvalue weighted by molar-refractivity contribution is 5.77. The first-order valence-electron chi connectivity index (χ1n) is 10.4. The zero-order chi connectivity index (χ0) is 20.5. The summed E-state index contributed by atoms with van der Waals surface area (Å²) in [5, 5.41) is 12.0. The van der Waals surface area contributed by atoms with Crippen molar-refractivity contribution in [3.05, 3.63) is 0 Å². The number of carbonyl (C=O) groups is 3. The first-order valence-corrected chi connectivity index (χ1v) is 10.4. The molecule has 0 aromatic rings.